The maximum Gasteiger partial charge on any atom is 0.0611 e. The van der Waals surface area contributed by atoms with Crippen LogP contribution < -0.4 is 5.73 Å². The van der Waals surface area contributed by atoms with E-state index in [1.807, 2.05) is 11.8 Å². The summed E-state index contributed by atoms with van der Waals surface area (Å²) in [6.07, 6.45) is 0.985. The van der Waals surface area contributed by atoms with Crippen molar-refractivity contribution in [3.05, 3.63) is 29.8 Å². The smallest absolute Gasteiger partial charge is 0.0611 e. The van der Waals surface area contributed by atoms with Crippen molar-refractivity contribution in [2.24, 2.45) is 5.73 Å². The summed E-state index contributed by atoms with van der Waals surface area (Å²) in [5.41, 5.74) is 7.36. The highest BCUT2D eigenvalue weighted by molar-refractivity contribution is 8.00. The average molecular weight is 223 g/mol. The van der Waals surface area contributed by atoms with Gasteiger partial charge in [0, 0.05) is 10.9 Å². The summed E-state index contributed by atoms with van der Waals surface area (Å²) in [7, 11) is 0. The lowest BCUT2D eigenvalue weighted by molar-refractivity contribution is 0.0455. The Morgan fingerprint density at radius 1 is 1.47 bits per heavy atom. The van der Waals surface area contributed by atoms with Gasteiger partial charge in [-0.15, -0.1) is 11.8 Å². The summed E-state index contributed by atoms with van der Waals surface area (Å²) in [6, 6.07) is 8.60. The molecule has 1 heterocycles. The second kappa shape index (κ2) is 5.01. The molecule has 0 amide bonds. The molecule has 1 aliphatic heterocycles. The molecule has 1 aromatic rings. The molecule has 1 saturated heterocycles. The van der Waals surface area contributed by atoms with E-state index in [-0.39, 0.29) is 6.04 Å². The van der Waals surface area contributed by atoms with Crippen LogP contribution in [0.3, 0.4) is 0 Å². The van der Waals surface area contributed by atoms with Crippen LogP contribution in [0.15, 0.2) is 29.2 Å². The van der Waals surface area contributed by atoms with E-state index in [1.54, 1.807) is 0 Å². The number of rotatable bonds is 4. The molecule has 1 atom stereocenters. The van der Waals surface area contributed by atoms with E-state index in [1.165, 1.54) is 10.5 Å². The zero-order valence-electron chi connectivity index (χ0n) is 8.98. The Morgan fingerprint density at radius 2 is 2.20 bits per heavy atom. The second-order valence-electron chi connectivity index (χ2n) is 3.83. The van der Waals surface area contributed by atoms with Gasteiger partial charge in [0.25, 0.3) is 0 Å². The molecule has 2 N–H and O–H groups in total. The van der Waals surface area contributed by atoms with Gasteiger partial charge in [-0.25, -0.2) is 0 Å². The first-order valence-corrected chi connectivity index (χ1v) is 6.28. The van der Waals surface area contributed by atoms with E-state index in [2.05, 4.69) is 31.2 Å². The van der Waals surface area contributed by atoms with Gasteiger partial charge in [-0.1, -0.05) is 25.1 Å². The summed E-state index contributed by atoms with van der Waals surface area (Å²) in [5, 5.41) is 0.621. The Balaban J connectivity index is 2.13. The lowest BCUT2D eigenvalue weighted by Gasteiger charge is -2.26. The van der Waals surface area contributed by atoms with Gasteiger partial charge in [0.15, 0.2) is 0 Å². The number of hydrogen-bond donors (Lipinski definition) is 1. The summed E-state index contributed by atoms with van der Waals surface area (Å²) < 4.78 is 5.18. The number of benzene rings is 1. The lowest BCUT2D eigenvalue weighted by Crippen LogP contribution is -2.30. The number of ether oxygens (including phenoxy) is 1. The Hall–Kier alpha value is -0.510. The standard InChI is InChI=1S/C12H17NOS/c1-2-11(13)10-5-3-4-6-12(10)15-9-7-14-8-9/h3-6,9,11H,2,7-8,13H2,1H3/t11-/m0/s1. The normalized spacial score (nSPS) is 18.5. The van der Waals surface area contributed by atoms with E-state index < -0.39 is 0 Å². The number of thioether (sulfide) groups is 1. The fourth-order valence-electron chi connectivity index (χ4n) is 1.58. The molecular formula is C12H17NOS. The quantitative estimate of drug-likeness (QED) is 0.852. The first kappa shape index (κ1) is 11.0. The van der Waals surface area contributed by atoms with Crippen molar-refractivity contribution in [3.63, 3.8) is 0 Å². The maximum atomic E-state index is 6.09. The summed E-state index contributed by atoms with van der Waals surface area (Å²) >= 11 is 1.90. The number of hydrogen-bond acceptors (Lipinski definition) is 3. The van der Waals surface area contributed by atoms with Gasteiger partial charge in [0.1, 0.15) is 0 Å². The molecule has 1 fully saturated rings. The van der Waals surface area contributed by atoms with Crippen LogP contribution in [0.2, 0.25) is 0 Å². The van der Waals surface area contributed by atoms with Crippen molar-refractivity contribution >= 4 is 11.8 Å². The molecule has 3 heteroatoms. The molecule has 0 aromatic heterocycles. The highest BCUT2D eigenvalue weighted by Gasteiger charge is 2.21. The average Bonchev–Trinajstić information content (AvgIpc) is 2.23. The van der Waals surface area contributed by atoms with Crippen LogP contribution in [0.1, 0.15) is 24.9 Å². The number of nitrogens with two attached hydrogens (primary N) is 1. The minimum atomic E-state index is 0.162. The molecule has 2 rings (SSSR count). The Kier molecular flexibility index (Phi) is 3.67. The van der Waals surface area contributed by atoms with Crippen molar-refractivity contribution in [3.8, 4) is 0 Å². The SMILES string of the molecule is CC[C@H](N)c1ccccc1SC1COC1. The maximum absolute atomic E-state index is 6.09. The van der Waals surface area contributed by atoms with Gasteiger partial charge in [-0.3, -0.25) is 0 Å². The summed E-state index contributed by atoms with van der Waals surface area (Å²) in [4.78, 5) is 1.32. The third-order valence-corrected chi connectivity index (χ3v) is 3.89. The summed E-state index contributed by atoms with van der Waals surface area (Å²) in [5.74, 6) is 0. The van der Waals surface area contributed by atoms with E-state index in [0.29, 0.717) is 5.25 Å². The fraction of sp³-hybridized carbons (Fsp3) is 0.500. The van der Waals surface area contributed by atoms with Gasteiger partial charge in [0.2, 0.25) is 0 Å². The van der Waals surface area contributed by atoms with E-state index in [4.69, 9.17) is 10.5 Å². The zero-order chi connectivity index (χ0) is 10.7. The molecule has 82 valence electrons. The third kappa shape index (κ3) is 2.54. The Bertz CT molecular complexity index is 325. The van der Waals surface area contributed by atoms with Crippen molar-refractivity contribution in [2.45, 2.75) is 29.5 Å². The molecule has 0 aliphatic carbocycles. The monoisotopic (exact) mass is 223 g/mol. The third-order valence-electron chi connectivity index (χ3n) is 2.66. The Labute approximate surface area is 95.2 Å². The molecule has 1 aromatic carbocycles. The zero-order valence-corrected chi connectivity index (χ0v) is 9.80. The molecule has 15 heavy (non-hydrogen) atoms. The molecule has 0 spiro atoms. The van der Waals surface area contributed by atoms with Crippen molar-refractivity contribution in [1.29, 1.82) is 0 Å². The van der Waals surface area contributed by atoms with Gasteiger partial charge in [0.05, 0.1) is 18.5 Å². The van der Waals surface area contributed by atoms with Crippen LogP contribution >= 0.6 is 11.8 Å². The first-order valence-electron chi connectivity index (χ1n) is 5.40. The topological polar surface area (TPSA) is 35.2 Å². The minimum absolute atomic E-state index is 0.162. The van der Waals surface area contributed by atoms with Crippen molar-refractivity contribution in [1.82, 2.24) is 0 Å². The molecule has 0 saturated carbocycles. The highest BCUT2D eigenvalue weighted by Crippen LogP contribution is 2.33. The van der Waals surface area contributed by atoms with Crippen LogP contribution in [-0.2, 0) is 4.74 Å². The van der Waals surface area contributed by atoms with Crippen LogP contribution in [0.25, 0.3) is 0 Å². The van der Waals surface area contributed by atoms with Gasteiger partial charge in [-0.2, -0.15) is 0 Å². The predicted molar refractivity (Wildman–Crippen MR) is 64.1 cm³/mol. The summed E-state index contributed by atoms with van der Waals surface area (Å²) in [6.45, 7) is 3.87. The molecule has 0 radical (unpaired) electrons. The highest BCUT2D eigenvalue weighted by atomic mass is 32.2. The van der Waals surface area contributed by atoms with Crippen LogP contribution in [0.4, 0.5) is 0 Å². The van der Waals surface area contributed by atoms with Crippen LogP contribution in [0.5, 0.6) is 0 Å². The van der Waals surface area contributed by atoms with Gasteiger partial charge in [-0.05, 0) is 18.1 Å². The molecule has 0 unspecified atom stereocenters. The lowest BCUT2D eigenvalue weighted by atomic mass is 10.1. The van der Waals surface area contributed by atoms with Crippen LogP contribution in [-0.4, -0.2) is 18.5 Å². The molecule has 1 aliphatic rings. The van der Waals surface area contributed by atoms with Crippen molar-refractivity contribution in [2.75, 3.05) is 13.2 Å². The van der Waals surface area contributed by atoms with Gasteiger partial charge < -0.3 is 10.5 Å². The van der Waals surface area contributed by atoms with E-state index in [0.717, 1.165) is 19.6 Å². The fourth-order valence-corrected chi connectivity index (χ4v) is 2.78. The molecule has 0 bridgehead atoms. The minimum Gasteiger partial charge on any atom is -0.379 e. The van der Waals surface area contributed by atoms with E-state index in [9.17, 15) is 0 Å². The Morgan fingerprint density at radius 3 is 2.80 bits per heavy atom. The van der Waals surface area contributed by atoms with E-state index >= 15 is 0 Å². The van der Waals surface area contributed by atoms with Crippen molar-refractivity contribution < 1.29 is 4.74 Å². The van der Waals surface area contributed by atoms with Gasteiger partial charge >= 0.3 is 0 Å². The molecular weight excluding hydrogens is 206 g/mol. The second-order valence-corrected chi connectivity index (χ2v) is 5.17. The van der Waals surface area contributed by atoms with Crippen LogP contribution in [0, 0.1) is 0 Å². The molecule has 2 nitrogen and oxygen atoms in total. The largest absolute Gasteiger partial charge is 0.379 e. The first-order chi connectivity index (χ1) is 7.31. The predicted octanol–water partition coefficient (Wildman–Crippen LogP) is 2.59.